The third-order valence-electron chi connectivity index (χ3n) is 4.31. The molecule has 1 unspecified atom stereocenters. The van der Waals surface area contributed by atoms with E-state index in [4.69, 9.17) is 0 Å². The number of nitrogens with one attached hydrogen (secondary N) is 2. The molecule has 1 atom stereocenters. The van der Waals surface area contributed by atoms with Gasteiger partial charge < -0.3 is 5.32 Å². The SMILES string of the molecule is CNC(=O)NC(=O)CSc1nc2ccc(Br)cc2c(=O)n1C(C)c1ccccc1. The number of thioether (sulfide) groups is 1. The molecule has 3 amide bonds. The van der Waals surface area contributed by atoms with Crippen molar-refractivity contribution in [1.82, 2.24) is 20.2 Å². The second-order valence-corrected chi connectivity index (χ2v) is 8.09. The highest BCUT2D eigenvalue weighted by atomic mass is 79.9. The van der Waals surface area contributed by atoms with E-state index in [2.05, 4.69) is 31.5 Å². The first kappa shape index (κ1) is 21.1. The molecule has 29 heavy (non-hydrogen) atoms. The summed E-state index contributed by atoms with van der Waals surface area (Å²) in [6.07, 6.45) is 0. The summed E-state index contributed by atoms with van der Waals surface area (Å²) in [5.41, 5.74) is 1.30. The normalized spacial score (nSPS) is 11.8. The van der Waals surface area contributed by atoms with E-state index in [-0.39, 0.29) is 17.4 Å². The Morgan fingerprint density at radius 3 is 2.62 bits per heavy atom. The van der Waals surface area contributed by atoms with E-state index in [0.29, 0.717) is 16.1 Å². The Balaban J connectivity index is 2.04. The third kappa shape index (κ3) is 4.86. The number of urea groups is 1. The highest BCUT2D eigenvalue weighted by molar-refractivity contribution is 9.10. The minimum Gasteiger partial charge on any atom is -0.341 e. The van der Waals surface area contributed by atoms with Gasteiger partial charge in [0.2, 0.25) is 5.91 Å². The minimum absolute atomic E-state index is 0.0522. The summed E-state index contributed by atoms with van der Waals surface area (Å²) in [6, 6.07) is 14.0. The number of nitrogens with zero attached hydrogens (tertiary/aromatic N) is 2. The first-order valence-corrected chi connectivity index (χ1v) is 10.6. The molecule has 0 spiro atoms. The number of hydrogen-bond acceptors (Lipinski definition) is 5. The van der Waals surface area contributed by atoms with Crippen molar-refractivity contribution in [1.29, 1.82) is 0 Å². The lowest BCUT2D eigenvalue weighted by molar-refractivity contribution is -0.117. The van der Waals surface area contributed by atoms with Gasteiger partial charge >= 0.3 is 6.03 Å². The fourth-order valence-electron chi connectivity index (χ4n) is 2.83. The number of carbonyl (C=O) groups excluding carboxylic acids is 2. The highest BCUT2D eigenvalue weighted by Gasteiger charge is 2.19. The summed E-state index contributed by atoms with van der Waals surface area (Å²) in [5, 5.41) is 5.43. The number of hydrogen-bond donors (Lipinski definition) is 2. The summed E-state index contributed by atoms with van der Waals surface area (Å²) in [7, 11) is 1.43. The zero-order valence-corrected chi connectivity index (χ0v) is 18.2. The molecule has 0 radical (unpaired) electrons. The first-order valence-electron chi connectivity index (χ1n) is 8.82. The van der Waals surface area contributed by atoms with Crippen LogP contribution in [0.1, 0.15) is 18.5 Å². The van der Waals surface area contributed by atoms with E-state index in [9.17, 15) is 14.4 Å². The first-order chi connectivity index (χ1) is 13.9. The summed E-state index contributed by atoms with van der Waals surface area (Å²) < 4.78 is 2.37. The number of fused-ring (bicyclic) bond motifs is 1. The average molecular weight is 475 g/mol. The van der Waals surface area contributed by atoms with Gasteiger partial charge in [-0.25, -0.2) is 9.78 Å². The summed E-state index contributed by atoms with van der Waals surface area (Å²) in [6.45, 7) is 1.91. The molecule has 2 aromatic carbocycles. The van der Waals surface area contributed by atoms with Gasteiger partial charge in [0.25, 0.3) is 5.56 Å². The van der Waals surface area contributed by atoms with Crippen LogP contribution >= 0.6 is 27.7 Å². The molecule has 1 aromatic heterocycles. The summed E-state index contributed by atoms with van der Waals surface area (Å²) in [4.78, 5) is 41.3. The van der Waals surface area contributed by atoms with Crippen LogP contribution in [0.3, 0.4) is 0 Å². The number of rotatable bonds is 5. The Labute approximate surface area is 180 Å². The predicted octanol–water partition coefficient (Wildman–Crippen LogP) is 3.32. The monoisotopic (exact) mass is 474 g/mol. The molecule has 150 valence electrons. The molecule has 3 rings (SSSR count). The second-order valence-electron chi connectivity index (χ2n) is 6.23. The highest BCUT2D eigenvalue weighted by Crippen LogP contribution is 2.25. The Kier molecular flexibility index (Phi) is 6.71. The number of imide groups is 1. The van der Waals surface area contributed by atoms with E-state index in [1.54, 1.807) is 16.7 Å². The Hall–Kier alpha value is -2.65. The van der Waals surface area contributed by atoms with Crippen LogP contribution in [-0.4, -0.2) is 34.3 Å². The van der Waals surface area contributed by atoms with E-state index >= 15 is 0 Å². The van der Waals surface area contributed by atoms with Crippen molar-refractivity contribution in [3.63, 3.8) is 0 Å². The number of aromatic nitrogens is 2. The van der Waals surface area contributed by atoms with E-state index in [0.717, 1.165) is 21.8 Å². The van der Waals surface area contributed by atoms with Crippen LogP contribution in [0.25, 0.3) is 10.9 Å². The molecule has 0 aliphatic carbocycles. The van der Waals surface area contributed by atoms with Crippen molar-refractivity contribution >= 4 is 50.5 Å². The van der Waals surface area contributed by atoms with Gasteiger partial charge in [0, 0.05) is 11.5 Å². The van der Waals surface area contributed by atoms with Gasteiger partial charge in [0.05, 0.1) is 22.7 Å². The molecule has 1 heterocycles. The van der Waals surface area contributed by atoms with Crippen molar-refractivity contribution < 1.29 is 9.59 Å². The van der Waals surface area contributed by atoms with Crippen molar-refractivity contribution in [2.24, 2.45) is 0 Å². The van der Waals surface area contributed by atoms with Crippen LogP contribution in [-0.2, 0) is 4.79 Å². The number of benzene rings is 2. The molecule has 0 aliphatic heterocycles. The molecule has 3 aromatic rings. The van der Waals surface area contributed by atoms with Crippen LogP contribution in [0, 0.1) is 0 Å². The minimum atomic E-state index is -0.582. The maximum absolute atomic E-state index is 13.3. The summed E-state index contributed by atoms with van der Waals surface area (Å²) in [5.74, 6) is -0.526. The molecule has 0 fully saturated rings. The smallest absolute Gasteiger partial charge is 0.321 e. The largest absolute Gasteiger partial charge is 0.341 e. The van der Waals surface area contributed by atoms with E-state index in [1.165, 1.54) is 7.05 Å². The summed E-state index contributed by atoms with van der Waals surface area (Å²) >= 11 is 4.51. The average Bonchev–Trinajstić information content (AvgIpc) is 2.73. The lowest BCUT2D eigenvalue weighted by atomic mass is 10.1. The van der Waals surface area contributed by atoms with Gasteiger partial charge in [-0.1, -0.05) is 58.0 Å². The topological polar surface area (TPSA) is 93.1 Å². The molecule has 2 N–H and O–H groups in total. The van der Waals surface area contributed by atoms with Crippen molar-refractivity contribution in [3.8, 4) is 0 Å². The number of amides is 3. The van der Waals surface area contributed by atoms with Crippen molar-refractivity contribution in [2.45, 2.75) is 18.1 Å². The van der Waals surface area contributed by atoms with Crippen LogP contribution < -0.4 is 16.2 Å². The molecule has 0 bridgehead atoms. The van der Waals surface area contributed by atoms with E-state index < -0.39 is 11.9 Å². The predicted molar refractivity (Wildman–Crippen MR) is 117 cm³/mol. The van der Waals surface area contributed by atoms with Gasteiger partial charge in [0.1, 0.15) is 0 Å². The quantitative estimate of drug-likeness (QED) is 0.436. The standard InChI is InChI=1S/C20H19BrN4O3S/c1-12(13-6-4-3-5-7-13)25-18(27)15-10-14(21)8-9-16(15)23-20(25)29-11-17(26)24-19(28)22-2/h3-10,12H,11H2,1-2H3,(H2,22,24,26,28). The van der Waals surface area contributed by atoms with Gasteiger partial charge in [0.15, 0.2) is 5.16 Å². The molecule has 7 nitrogen and oxygen atoms in total. The molecular weight excluding hydrogens is 456 g/mol. The maximum atomic E-state index is 13.3. The zero-order valence-electron chi connectivity index (χ0n) is 15.8. The van der Waals surface area contributed by atoms with Crippen molar-refractivity contribution in [2.75, 3.05) is 12.8 Å². The molecule has 9 heteroatoms. The fourth-order valence-corrected chi connectivity index (χ4v) is 4.07. The van der Waals surface area contributed by atoms with Crippen LogP contribution in [0.4, 0.5) is 4.79 Å². The molecular formula is C20H19BrN4O3S. The number of carbonyl (C=O) groups is 2. The fraction of sp³-hybridized carbons (Fsp3) is 0.200. The Morgan fingerprint density at radius 1 is 1.21 bits per heavy atom. The van der Waals surface area contributed by atoms with Crippen LogP contribution in [0.15, 0.2) is 63.0 Å². The molecule has 0 aliphatic rings. The maximum Gasteiger partial charge on any atom is 0.321 e. The second kappa shape index (κ2) is 9.23. The van der Waals surface area contributed by atoms with Gasteiger partial charge in [-0.2, -0.15) is 0 Å². The van der Waals surface area contributed by atoms with Gasteiger partial charge in [-0.3, -0.25) is 19.5 Å². The third-order valence-corrected chi connectivity index (χ3v) is 5.76. The van der Waals surface area contributed by atoms with Gasteiger partial charge in [-0.05, 0) is 30.7 Å². The van der Waals surface area contributed by atoms with E-state index in [1.807, 2.05) is 43.3 Å². The van der Waals surface area contributed by atoms with Crippen molar-refractivity contribution in [3.05, 3.63) is 68.9 Å². The number of halogens is 1. The molecule has 0 saturated carbocycles. The van der Waals surface area contributed by atoms with Crippen LogP contribution in [0.5, 0.6) is 0 Å². The van der Waals surface area contributed by atoms with Gasteiger partial charge in [-0.15, -0.1) is 0 Å². The lowest BCUT2D eigenvalue weighted by Gasteiger charge is -2.20. The molecule has 0 saturated heterocycles. The lowest BCUT2D eigenvalue weighted by Crippen LogP contribution is -2.38. The Morgan fingerprint density at radius 2 is 1.93 bits per heavy atom. The van der Waals surface area contributed by atoms with Crippen LogP contribution in [0.2, 0.25) is 0 Å². The zero-order chi connectivity index (χ0) is 21.0. The Bertz CT molecular complexity index is 1120.